The smallest absolute Gasteiger partial charge is 0.238 e. The van der Waals surface area contributed by atoms with Crippen LogP contribution in [0.2, 0.25) is 0 Å². The Morgan fingerprint density at radius 2 is 2.14 bits per heavy atom. The molecule has 21 heavy (non-hydrogen) atoms. The number of benzene rings is 1. The van der Waals surface area contributed by atoms with E-state index in [0.29, 0.717) is 13.1 Å². The summed E-state index contributed by atoms with van der Waals surface area (Å²) >= 11 is 1.42. The largest absolute Gasteiger partial charge is 0.395 e. The van der Waals surface area contributed by atoms with E-state index in [1.54, 1.807) is 4.90 Å². The number of rotatable bonds is 6. The van der Waals surface area contributed by atoms with Gasteiger partial charge in [0.15, 0.2) is 0 Å². The van der Waals surface area contributed by atoms with Crippen molar-refractivity contribution in [3.63, 3.8) is 0 Å². The Bertz CT molecular complexity index is 515. The predicted octanol–water partition coefficient (Wildman–Crippen LogP) is 1.72. The summed E-state index contributed by atoms with van der Waals surface area (Å²) < 4.78 is 0. The van der Waals surface area contributed by atoms with Gasteiger partial charge in [-0.2, -0.15) is 0 Å². The summed E-state index contributed by atoms with van der Waals surface area (Å²) in [4.78, 5) is 27.0. The number of nitrogens with zero attached hydrogens (tertiary/aromatic N) is 1. The molecule has 1 aromatic rings. The van der Waals surface area contributed by atoms with E-state index in [0.717, 1.165) is 17.0 Å². The summed E-state index contributed by atoms with van der Waals surface area (Å²) in [7, 11) is 0. The summed E-state index contributed by atoms with van der Waals surface area (Å²) in [6.45, 7) is 2.85. The maximum atomic E-state index is 12.3. The first-order valence-electron chi connectivity index (χ1n) is 7.11. The molecule has 1 heterocycles. The zero-order valence-corrected chi connectivity index (χ0v) is 12.9. The fraction of sp³-hybridized carbons (Fsp3) is 0.467. The molecule has 5 nitrogen and oxygen atoms in total. The van der Waals surface area contributed by atoms with Crippen LogP contribution in [0.5, 0.6) is 0 Å². The number of amides is 2. The minimum absolute atomic E-state index is 0.0570. The maximum absolute atomic E-state index is 12.3. The lowest BCUT2D eigenvalue weighted by Crippen LogP contribution is -2.39. The van der Waals surface area contributed by atoms with Crippen LogP contribution >= 0.6 is 11.8 Å². The zero-order chi connectivity index (χ0) is 15.2. The Balaban J connectivity index is 2.02. The van der Waals surface area contributed by atoms with Gasteiger partial charge in [-0.3, -0.25) is 9.59 Å². The molecule has 6 heteroatoms. The number of fused-ring (bicyclic) bond motifs is 1. The Labute approximate surface area is 128 Å². The van der Waals surface area contributed by atoms with Crippen molar-refractivity contribution in [1.82, 2.24) is 4.90 Å². The lowest BCUT2D eigenvalue weighted by Gasteiger charge is -2.26. The van der Waals surface area contributed by atoms with Gasteiger partial charge in [0, 0.05) is 24.4 Å². The first kappa shape index (κ1) is 15.9. The van der Waals surface area contributed by atoms with Gasteiger partial charge < -0.3 is 15.3 Å². The minimum atomic E-state index is -0.412. The molecule has 0 radical (unpaired) electrons. The Kier molecular flexibility index (Phi) is 5.64. The van der Waals surface area contributed by atoms with E-state index >= 15 is 0 Å². The van der Waals surface area contributed by atoms with Crippen molar-refractivity contribution in [1.29, 1.82) is 0 Å². The van der Waals surface area contributed by atoms with Crippen molar-refractivity contribution in [3.8, 4) is 0 Å². The van der Waals surface area contributed by atoms with Gasteiger partial charge in [-0.15, -0.1) is 11.8 Å². The predicted molar refractivity (Wildman–Crippen MR) is 83.3 cm³/mol. The highest BCUT2D eigenvalue weighted by Gasteiger charge is 2.30. The van der Waals surface area contributed by atoms with Crippen molar-refractivity contribution < 1.29 is 14.7 Å². The monoisotopic (exact) mass is 308 g/mol. The van der Waals surface area contributed by atoms with Gasteiger partial charge in [-0.25, -0.2) is 0 Å². The van der Waals surface area contributed by atoms with Crippen LogP contribution in [-0.2, 0) is 9.59 Å². The van der Waals surface area contributed by atoms with Crippen molar-refractivity contribution in [2.75, 3.05) is 25.0 Å². The third-order valence-corrected chi connectivity index (χ3v) is 4.56. The normalized spacial score (nSPS) is 17.0. The molecule has 2 amide bonds. The molecule has 0 saturated heterocycles. The van der Waals surface area contributed by atoms with Crippen molar-refractivity contribution in [2.24, 2.45) is 0 Å². The Morgan fingerprint density at radius 1 is 1.38 bits per heavy atom. The van der Waals surface area contributed by atoms with Crippen LogP contribution in [0.15, 0.2) is 29.2 Å². The summed E-state index contributed by atoms with van der Waals surface area (Å²) in [6, 6.07) is 7.58. The van der Waals surface area contributed by atoms with E-state index in [4.69, 9.17) is 5.11 Å². The van der Waals surface area contributed by atoms with Crippen LogP contribution in [0.3, 0.4) is 0 Å². The second kappa shape index (κ2) is 7.47. The summed E-state index contributed by atoms with van der Waals surface area (Å²) in [5.41, 5.74) is 0.803. The number of nitrogens with one attached hydrogen (secondary N) is 1. The highest BCUT2D eigenvalue weighted by molar-refractivity contribution is 8.01. The fourth-order valence-electron chi connectivity index (χ4n) is 2.27. The second-order valence-corrected chi connectivity index (χ2v) is 6.14. The number of carbonyl (C=O) groups excluding carboxylic acids is 2. The second-order valence-electron chi connectivity index (χ2n) is 4.90. The van der Waals surface area contributed by atoms with Crippen LogP contribution in [0.25, 0.3) is 0 Å². The molecule has 1 unspecified atom stereocenters. The average Bonchev–Trinajstić information content (AvgIpc) is 2.47. The van der Waals surface area contributed by atoms with Crippen molar-refractivity contribution in [3.05, 3.63) is 24.3 Å². The van der Waals surface area contributed by atoms with Crippen molar-refractivity contribution >= 4 is 29.3 Å². The topological polar surface area (TPSA) is 69.6 Å². The number of carbonyl (C=O) groups is 2. The Hall–Kier alpha value is -1.53. The van der Waals surface area contributed by atoms with Gasteiger partial charge >= 0.3 is 0 Å². The standard InChI is InChI=1S/C15H20N2O3S/c1-2-7-17(8-9-18)14(19)10-13-15(20)16-11-5-3-4-6-12(11)21-13/h3-6,13,18H,2,7-10H2,1H3,(H,16,20). The van der Waals surface area contributed by atoms with E-state index in [-0.39, 0.29) is 24.8 Å². The molecule has 1 aromatic carbocycles. The first-order valence-corrected chi connectivity index (χ1v) is 7.98. The molecule has 114 valence electrons. The molecule has 2 N–H and O–H groups in total. The third kappa shape index (κ3) is 3.98. The van der Waals surface area contributed by atoms with Gasteiger partial charge in [0.1, 0.15) is 0 Å². The third-order valence-electron chi connectivity index (χ3n) is 3.28. The van der Waals surface area contributed by atoms with E-state index in [1.165, 1.54) is 11.8 Å². The first-order chi connectivity index (χ1) is 10.2. The van der Waals surface area contributed by atoms with Gasteiger partial charge in [-0.05, 0) is 18.6 Å². The molecule has 1 aliphatic heterocycles. The summed E-state index contributed by atoms with van der Waals surface area (Å²) in [5, 5.41) is 11.4. The lowest BCUT2D eigenvalue weighted by molar-refractivity contribution is -0.133. The molecule has 0 fully saturated rings. The molecular weight excluding hydrogens is 288 g/mol. The molecule has 0 spiro atoms. The average molecular weight is 308 g/mol. The number of hydrogen-bond donors (Lipinski definition) is 2. The summed E-state index contributed by atoms with van der Waals surface area (Å²) in [5.74, 6) is -0.217. The number of aliphatic hydroxyl groups excluding tert-OH is 1. The van der Waals surface area contributed by atoms with Gasteiger partial charge in [-0.1, -0.05) is 19.1 Å². The molecule has 0 saturated carbocycles. The number of anilines is 1. The number of thioether (sulfide) groups is 1. The molecular formula is C15H20N2O3S. The van der Waals surface area contributed by atoms with E-state index < -0.39 is 5.25 Å². The number of para-hydroxylation sites is 1. The summed E-state index contributed by atoms with van der Waals surface area (Å²) in [6.07, 6.45) is 0.989. The number of aliphatic hydroxyl groups is 1. The fourth-order valence-corrected chi connectivity index (χ4v) is 3.37. The van der Waals surface area contributed by atoms with Gasteiger partial charge in [0.05, 0.1) is 17.5 Å². The maximum Gasteiger partial charge on any atom is 0.238 e. The van der Waals surface area contributed by atoms with Crippen LogP contribution in [0.4, 0.5) is 5.69 Å². The van der Waals surface area contributed by atoms with E-state index in [9.17, 15) is 9.59 Å². The van der Waals surface area contributed by atoms with Gasteiger partial charge in [0.25, 0.3) is 0 Å². The molecule has 2 rings (SSSR count). The highest BCUT2D eigenvalue weighted by atomic mass is 32.2. The molecule has 0 aliphatic carbocycles. The molecule has 0 bridgehead atoms. The lowest BCUT2D eigenvalue weighted by atomic mass is 10.2. The van der Waals surface area contributed by atoms with Crippen LogP contribution in [0, 0.1) is 0 Å². The highest BCUT2D eigenvalue weighted by Crippen LogP contribution is 2.36. The minimum Gasteiger partial charge on any atom is -0.395 e. The molecule has 1 atom stereocenters. The molecule has 0 aromatic heterocycles. The molecule has 1 aliphatic rings. The zero-order valence-electron chi connectivity index (χ0n) is 12.0. The van der Waals surface area contributed by atoms with E-state index in [2.05, 4.69) is 5.32 Å². The van der Waals surface area contributed by atoms with Gasteiger partial charge in [0.2, 0.25) is 11.8 Å². The SMILES string of the molecule is CCCN(CCO)C(=O)CC1Sc2ccccc2NC1=O. The number of hydrogen-bond acceptors (Lipinski definition) is 4. The van der Waals surface area contributed by atoms with Crippen molar-refractivity contribution in [2.45, 2.75) is 29.9 Å². The van der Waals surface area contributed by atoms with E-state index in [1.807, 2.05) is 31.2 Å². The Morgan fingerprint density at radius 3 is 2.86 bits per heavy atom. The quantitative estimate of drug-likeness (QED) is 0.839. The van der Waals surface area contributed by atoms with Crippen LogP contribution in [0.1, 0.15) is 19.8 Å². The van der Waals surface area contributed by atoms with Crippen LogP contribution < -0.4 is 5.32 Å². The van der Waals surface area contributed by atoms with Crippen LogP contribution in [-0.4, -0.2) is 46.8 Å².